The summed E-state index contributed by atoms with van der Waals surface area (Å²) < 4.78 is 0. The van der Waals surface area contributed by atoms with Crippen LogP contribution in [0.5, 0.6) is 0 Å². The molecule has 0 atom stereocenters. The zero-order valence-electron chi connectivity index (χ0n) is 9.69. The smallest absolute Gasteiger partial charge is 0.192 e. The second-order valence-corrected chi connectivity index (χ2v) is 4.12. The fourth-order valence-corrected chi connectivity index (χ4v) is 2.20. The normalized spacial score (nSPS) is 16.6. The van der Waals surface area contributed by atoms with Crippen molar-refractivity contribution in [2.24, 2.45) is 21.2 Å². The van der Waals surface area contributed by atoms with Gasteiger partial charge in [-0.25, -0.2) is 0 Å². The minimum absolute atomic E-state index is 0.403. The first-order valence-electron chi connectivity index (χ1n) is 5.71. The second-order valence-electron chi connectivity index (χ2n) is 4.12. The monoisotopic (exact) mass is 236 g/mol. The molecule has 1 heterocycles. The van der Waals surface area contributed by atoms with E-state index in [0.717, 1.165) is 11.1 Å². The molecular weight excluding hydrogens is 224 g/mol. The van der Waals surface area contributed by atoms with Crippen LogP contribution >= 0.6 is 0 Å². The third-order valence-corrected chi connectivity index (χ3v) is 3.10. The molecule has 3 rings (SSSR count). The molecule has 0 aliphatic carbocycles. The molecule has 1 aliphatic heterocycles. The fourth-order valence-electron chi connectivity index (χ4n) is 2.20. The van der Waals surface area contributed by atoms with Crippen molar-refractivity contribution in [1.29, 1.82) is 0 Å². The molecule has 0 saturated carbocycles. The highest BCUT2D eigenvalue weighted by Crippen LogP contribution is 2.37. The number of nitrogens with two attached hydrogens (primary N) is 1. The van der Waals surface area contributed by atoms with Crippen LogP contribution in [0, 0.1) is 0 Å². The molecule has 0 unspecified atom stereocenters. The van der Waals surface area contributed by atoms with E-state index in [1.165, 1.54) is 0 Å². The lowest BCUT2D eigenvalue weighted by Gasteiger charge is -2.25. The van der Waals surface area contributed by atoms with Crippen molar-refractivity contribution in [2.75, 3.05) is 0 Å². The van der Waals surface area contributed by atoms with Crippen molar-refractivity contribution in [2.45, 2.75) is 5.54 Å². The highest BCUT2D eigenvalue weighted by Gasteiger charge is 2.41. The van der Waals surface area contributed by atoms with Gasteiger partial charge in [-0.15, -0.1) is 10.2 Å². The molecule has 0 spiro atoms. The first-order valence-corrected chi connectivity index (χ1v) is 5.71. The fraction of sp³-hybridized carbons (Fsp3) is 0.0714. The Hall–Kier alpha value is -2.49. The molecule has 0 radical (unpaired) electrons. The van der Waals surface area contributed by atoms with Gasteiger partial charge in [-0.1, -0.05) is 60.7 Å². The molecule has 2 aromatic carbocycles. The van der Waals surface area contributed by atoms with Crippen molar-refractivity contribution in [1.82, 2.24) is 0 Å². The van der Waals surface area contributed by atoms with Crippen molar-refractivity contribution in [3.05, 3.63) is 71.8 Å². The van der Waals surface area contributed by atoms with Crippen LogP contribution in [0.4, 0.5) is 0 Å². The Balaban J connectivity index is 2.24. The summed E-state index contributed by atoms with van der Waals surface area (Å²) in [6, 6.07) is 19.7. The predicted octanol–water partition coefficient (Wildman–Crippen LogP) is 2.67. The summed E-state index contributed by atoms with van der Waals surface area (Å²) in [6.45, 7) is 0. The highest BCUT2D eigenvalue weighted by atomic mass is 15.4. The first-order chi connectivity index (χ1) is 8.84. The average Bonchev–Trinajstić information content (AvgIpc) is 2.84. The zero-order chi connectivity index (χ0) is 12.4. The molecule has 2 aromatic rings. The SMILES string of the molecule is NC1=NN=NC1(c1ccccc1)c1ccccc1. The van der Waals surface area contributed by atoms with Gasteiger partial charge in [0.05, 0.1) is 0 Å². The molecule has 18 heavy (non-hydrogen) atoms. The molecule has 2 N–H and O–H groups in total. The number of rotatable bonds is 2. The summed E-state index contributed by atoms with van der Waals surface area (Å²) in [7, 11) is 0. The summed E-state index contributed by atoms with van der Waals surface area (Å²) in [5.74, 6) is 0.403. The molecule has 4 nitrogen and oxygen atoms in total. The lowest BCUT2D eigenvalue weighted by atomic mass is 9.83. The number of amidine groups is 1. The third-order valence-electron chi connectivity index (χ3n) is 3.10. The maximum absolute atomic E-state index is 6.04. The predicted molar refractivity (Wildman–Crippen MR) is 70.1 cm³/mol. The van der Waals surface area contributed by atoms with E-state index >= 15 is 0 Å². The van der Waals surface area contributed by atoms with Gasteiger partial charge in [0.1, 0.15) is 0 Å². The molecule has 0 bridgehead atoms. The number of hydrogen-bond donors (Lipinski definition) is 1. The van der Waals surface area contributed by atoms with Crippen molar-refractivity contribution in [3.63, 3.8) is 0 Å². The van der Waals surface area contributed by atoms with Gasteiger partial charge in [-0.2, -0.15) is 0 Å². The average molecular weight is 236 g/mol. The summed E-state index contributed by atoms with van der Waals surface area (Å²) in [5.41, 5.74) is 7.21. The van der Waals surface area contributed by atoms with Gasteiger partial charge < -0.3 is 5.73 Å². The second kappa shape index (κ2) is 4.07. The zero-order valence-corrected chi connectivity index (χ0v) is 9.69. The molecule has 0 amide bonds. The largest absolute Gasteiger partial charge is 0.383 e. The Bertz CT molecular complexity index is 563. The van der Waals surface area contributed by atoms with Gasteiger partial charge in [-0.3, -0.25) is 0 Å². The van der Waals surface area contributed by atoms with Crippen LogP contribution in [0.1, 0.15) is 11.1 Å². The first kappa shape index (κ1) is 10.7. The van der Waals surface area contributed by atoms with Gasteiger partial charge in [0.15, 0.2) is 11.4 Å². The molecule has 88 valence electrons. The molecular formula is C14H12N4. The Kier molecular flexibility index (Phi) is 2.41. The number of hydrogen-bond acceptors (Lipinski definition) is 4. The molecule has 4 heteroatoms. The Morgan fingerprint density at radius 3 is 1.67 bits per heavy atom. The molecule has 1 aliphatic rings. The lowest BCUT2D eigenvalue weighted by Crippen LogP contribution is -2.38. The van der Waals surface area contributed by atoms with Crippen LogP contribution in [-0.4, -0.2) is 5.84 Å². The van der Waals surface area contributed by atoms with Gasteiger partial charge in [-0.05, 0) is 16.4 Å². The minimum Gasteiger partial charge on any atom is -0.383 e. The Morgan fingerprint density at radius 1 is 0.778 bits per heavy atom. The van der Waals surface area contributed by atoms with Crippen LogP contribution in [0.15, 0.2) is 76.1 Å². The van der Waals surface area contributed by atoms with Crippen molar-refractivity contribution >= 4 is 5.84 Å². The third kappa shape index (κ3) is 1.43. The highest BCUT2D eigenvalue weighted by molar-refractivity contribution is 5.95. The number of benzene rings is 2. The van der Waals surface area contributed by atoms with Crippen LogP contribution in [0.3, 0.4) is 0 Å². The van der Waals surface area contributed by atoms with E-state index in [2.05, 4.69) is 15.4 Å². The molecule has 0 aromatic heterocycles. The van der Waals surface area contributed by atoms with Gasteiger partial charge in [0, 0.05) is 0 Å². The summed E-state index contributed by atoms with van der Waals surface area (Å²) in [6.07, 6.45) is 0. The lowest BCUT2D eigenvalue weighted by molar-refractivity contribution is 0.704. The summed E-state index contributed by atoms with van der Waals surface area (Å²) in [5, 5.41) is 11.9. The van der Waals surface area contributed by atoms with E-state index < -0.39 is 5.54 Å². The molecule has 0 saturated heterocycles. The van der Waals surface area contributed by atoms with E-state index in [-0.39, 0.29) is 0 Å². The summed E-state index contributed by atoms with van der Waals surface area (Å²) >= 11 is 0. The van der Waals surface area contributed by atoms with Crippen LogP contribution in [0.25, 0.3) is 0 Å². The van der Waals surface area contributed by atoms with Gasteiger partial charge in [0.25, 0.3) is 0 Å². The van der Waals surface area contributed by atoms with Crippen molar-refractivity contribution in [3.8, 4) is 0 Å². The Morgan fingerprint density at radius 2 is 1.28 bits per heavy atom. The maximum atomic E-state index is 6.04. The van der Waals surface area contributed by atoms with E-state index in [1.807, 2.05) is 60.7 Å². The molecule has 0 fully saturated rings. The summed E-state index contributed by atoms with van der Waals surface area (Å²) in [4.78, 5) is 0. The van der Waals surface area contributed by atoms with Crippen molar-refractivity contribution < 1.29 is 0 Å². The standard InChI is InChI=1S/C14H12N4/c15-13-14(17-18-16-13,11-7-3-1-4-8-11)12-9-5-2-6-10-12/h1-10H,(H2,15,16,17). The minimum atomic E-state index is -0.775. The van der Waals surface area contributed by atoms with E-state index in [1.54, 1.807) is 0 Å². The number of nitrogens with zero attached hydrogens (tertiary/aromatic N) is 3. The van der Waals surface area contributed by atoms with E-state index in [4.69, 9.17) is 5.73 Å². The topological polar surface area (TPSA) is 63.1 Å². The maximum Gasteiger partial charge on any atom is 0.192 e. The van der Waals surface area contributed by atoms with Gasteiger partial charge >= 0.3 is 0 Å². The van der Waals surface area contributed by atoms with E-state index in [0.29, 0.717) is 5.84 Å². The van der Waals surface area contributed by atoms with Gasteiger partial charge in [0.2, 0.25) is 0 Å². The van der Waals surface area contributed by atoms with E-state index in [9.17, 15) is 0 Å². The Labute approximate surface area is 105 Å². The van der Waals surface area contributed by atoms with Crippen LogP contribution < -0.4 is 5.73 Å². The van der Waals surface area contributed by atoms with Crippen LogP contribution in [-0.2, 0) is 5.54 Å². The quantitative estimate of drug-likeness (QED) is 0.856. The van der Waals surface area contributed by atoms with Crippen LogP contribution in [0.2, 0.25) is 0 Å².